The van der Waals surface area contributed by atoms with Crippen molar-refractivity contribution in [3.05, 3.63) is 102 Å². The highest BCUT2D eigenvalue weighted by Gasteiger charge is 2.29. The summed E-state index contributed by atoms with van der Waals surface area (Å²) < 4.78 is 43.8. The average Bonchev–Trinajstić information content (AvgIpc) is 2.86. The largest absolute Gasteiger partial charge is 0.437 e. The molecule has 0 atom stereocenters. The van der Waals surface area contributed by atoms with Gasteiger partial charge < -0.3 is 15.4 Å². The van der Waals surface area contributed by atoms with Crippen LogP contribution in [0.1, 0.15) is 21.6 Å². The second kappa shape index (κ2) is 10.6. The van der Waals surface area contributed by atoms with Crippen LogP contribution in [-0.2, 0) is 12.6 Å². The minimum Gasteiger partial charge on any atom is -0.437 e. The maximum Gasteiger partial charge on any atom is 0.416 e. The number of aromatic nitrogens is 3. The first kappa shape index (κ1) is 23.7. The lowest BCUT2D eigenvalue weighted by Gasteiger charge is -2.11. The molecular weight excluding hydrogens is 459 g/mol. The van der Waals surface area contributed by atoms with Crippen molar-refractivity contribution in [1.29, 1.82) is 0 Å². The van der Waals surface area contributed by atoms with Crippen molar-refractivity contribution in [2.75, 3.05) is 11.9 Å². The number of benzene rings is 2. The summed E-state index contributed by atoms with van der Waals surface area (Å²) >= 11 is 0. The molecule has 4 aromatic rings. The van der Waals surface area contributed by atoms with Crippen molar-refractivity contribution in [2.45, 2.75) is 12.6 Å². The summed E-state index contributed by atoms with van der Waals surface area (Å²) in [5.41, 5.74) is 0.743. The summed E-state index contributed by atoms with van der Waals surface area (Å²) in [6.07, 6.45) is 0.433. The Bertz CT molecular complexity index is 1270. The molecule has 0 aliphatic rings. The van der Waals surface area contributed by atoms with Gasteiger partial charge in [0.05, 0.1) is 5.56 Å². The van der Waals surface area contributed by atoms with Gasteiger partial charge in [-0.05, 0) is 60.5 Å². The smallest absolute Gasteiger partial charge is 0.416 e. The van der Waals surface area contributed by atoms with E-state index in [-0.39, 0.29) is 18.1 Å². The summed E-state index contributed by atoms with van der Waals surface area (Å²) in [5, 5.41) is 5.85. The number of nitrogens with one attached hydrogen (secondary N) is 2. The molecule has 2 N–H and O–H groups in total. The van der Waals surface area contributed by atoms with Crippen molar-refractivity contribution in [3.8, 4) is 11.6 Å². The van der Waals surface area contributed by atoms with Gasteiger partial charge in [-0.2, -0.15) is 13.2 Å². The second-order valence-corrected chi connectivity index (χ2v) is 7.38. The van der Waals surface area contributed by atoms with E-state index in [0.29, 0.717) is 23.6 Å². The zero-order chi connectivity index (χ0) is 24.7. The number of carbonyl (C=O) groups excluding carboxylic acids is 1. The number of ether oxygens (including phenoxy) is 1. The van der Waals surface area contributed by atoms with E-state index < -0.39 is 17.6 Å². The third kappa shape index (κ3) is 6.53. The molecule has 0 aliphatic carbocycles. The summed E-state index contributed by atoms with van der Waals surface area (Å²) in [7, 11) is 0. The molecule has 1 amide bonds. The van der Waals surface area contributed by atoms with Crippen LogP contribution in [0.3, 0.4) is 0 Å². The molecule has 0 fully saturated rings. The second-order valence-electron chi connectivity index (χ2n) is 7.38. The predicted octanol–water partition coefficient (Wildman–Crippen LogP) is 5.40. The van der Waals surface area contributed by atoms with Crippen molar-refractivity contribution in [1.82, 2.24) is 20.3 Å². The van der Waals surface area contributed by atoms with Gasteiger partial charge in [-0.15, -0.1) is 0 Å². The topological polar surface area (TPSA) is 89.0 Å². The van der Waals surface area contributed by atoms with E-state index in [9.17, 15) is 18.0 Å². The van der Waals surface area contributed by atoms with Gasteiger partial charge in [0.25, 0.3) is 11.8 Å². The Hall–Kier alpha value is -4.47. The molecule has 2 aromatic heterocycles. The number of hydrogen-bond donors (Lipinski definition) is 2. The standard InChI is InChI=1S/C25H20F3N5O2/c26-25(27,28)18-6-4-17(5-7-18)12-14-31-23(34)22-24(32-16-15-30-22)35-20-10-8-19(9-11-20)33-21-3-1-2-13-29-21/h1-11,13,15-16H,12,14H2,(H,29,33)(H,31,34). The summed E-state index contributed by atoms with van der Waals surface area (Å²) in [5.74, 6) is 0.680. The first-order valence-corrected chi connectivity index (χ1v) is 10.6. The third-order valence-corrected chi connectivity index (χ3v) is 4.87. The number of carbonyl (C=O) groups is 1. The molecule has 35 heavy (non-hydrogen) atoms. The molecule has 0 spiro atoms. The minimum atomic E-state index is -4.38. The summed E-state index contributed by atoms with van der Waals surface area (Å²) in [6.45, 7) is 0.202. The highest BCUT2D eigenvalue weighted by molar-refractivity contribution is 5.94. The number of alkyl halides is 3. The molecule has 0 unspecified atom stereocenters. The molecule has 0 bridgehead atoms. The number of rotatable bonds is 8. The van der Waals surface area contributed by atoms with Crippen LogP contribution in [0.5, 0.6) is 11.6 Å². The number of halogens is 3. The number of hydrogen-bond acceptors (Lipinski definition) is 6. The van der Waals surface area contributed by atoms with E-state index in [2.05, 4.69) is 25.6 Å². The lowest BCUT2D eigenvalue weighted by Crippen LogP contribution is -2.27. The molecule has 2 heterocycles. The monoisotopic (exact) mass is 479 g/mol. The zero-order valence-electron chi connectivity index (χ0n) is 18.3. The van der Waals surface area contributed by atoms with E-state index >= 15 is 0 Å². The Kier molecular flexibility index (Phi) is 7.20. The Morgan fingerprint density at radius 2 is 1.60 bits per heavy atom. The fourth-order valence-electron chi connectivity index (χ4n) is 3.12. The first-order valence-electron chi connectivity index (χ1n) is 10.6. The Morgan fingerprint density at radius 1 is 0.857 bits per heavy atom. The predicted molar refractivity (Wildman–Crippen MR) is 124 cm³/mol. The fraction of sp³-hybridized carbons (Fsp3) is 0.120. The Balaban J connectivity index is 1.34. The maximum atomic E-state index is 12.7. The van der Waals surface area contributed by atoms with Crippen LogP contribution in [-0.4, -0.2) is 27.4 Å². The lowest BCUT2D eigenvalue weighted by atomic mass is 10.1. The van der Waals surface area contributed by atoms with Gasteiger partial charge in [0.15, 0.2) is 5.69 Å². The number of nitrogens with zero attached hydrogens (tertiary/aromatic N) is 3. The molecular formula is C25H20F3N5O2. The average molecular weight is 479 g/mol. The molecule has 10 heteroatoms. The van der Waals surface area contributed by atoms with Crippen LogP contribution in [0.2, 0.25) is 0 Å². The summed E-state index contributed by atoms with van der Waals surface area (Å²) in [4.78, 5) is 25.0. The normalized spacial score (nSPS) is 11.1. The lowest BCUT2D eigenvalue weighted by molar-refractivity contribution is -0.137. The molecule has 0 aliphatic heterocycles. The molecule has 7 nitrogen and oxygen atoms in total. The molecule has 0 saturated carbocycles. The van der Waals surface area contributed by atoms with E-state index in [4.69, 9.17) is 4.74 Å². The Morgan fingerprint density at radius 3 is 2.29 bits per heavy atom. The van der Waals surface area contributed by atoms with E-state index in [1.54, 1.807) is 30.5 Å². The quantitative estimate of drug-likeness (QED) is 0.352. The number of pyridine rings is 1. The fourth-order valence-corrected chi connectivity index (χ4v) is 3.12. The Labute approximate surface area is 199 Å². The molecule has 0 radical (unpaired) electrons. The molecule has 2 aromatic carbocycles. The SMILES string of the molecule is O=C(NCCc1ccc(C(F)(F)F)cc1)c1nccnc1Oc1ccc(Nc2ccccn2)cc1. The van der Waals surface area contributed by atoms with Crippen LogP contribution in [0.15, 0.2) is 85.3 Å². The maximum absolute atomic E-state index is 12.7. The van der Waals surface area contributed by atoms with Gasteiger partial charge in [0, 0.05) is 30.8 Å². The molecule has 178 valence electrons. The molecule has 4 rings (SSSR count). The van der Waals surface area contributed by atoms with Crippen molar-refractivity contribution >= 4 is 17.4 Å². The first-order chi connectivity index (χ1) is 16.9. The van der Waals surface area contributed by atoms with E-state index in [0.717, 1.165) is 17.8 Å². The van der Waals surface area contributed by atoms with Gasteiger partial charge >= 0.3 is 6.18 Å². The number of amides is 1. The number of anilines is 2. The van der Waals surface area contributed by atoms with Crippen LogP contribution < -0.4 is 15.4 Å². The van der Waals surface area contributed by atoms with Gasteiger partial charge in [0.1, 0.15) is 11.6 Å². The van der Waals surface area contributed by atoms with Gasteiger partial charge in [-0.3, -0.25) is 4.79 Å². The van der Waals surface area contributed by atoms with E-state index in [1.807, 2.05) is 18.2 Å². The minimum absolute atomic E-state index is 0.00407. The van der Waals surface area contributed by atoms with Crippen molar-refractivity contribution < 1.29 is 22.7 Å². The third-order valence-electron chi connectivity index (χ3n) is 4.87. The van der Waals surface area contributed by atoms with Gasteiger partial charge in [0.2, 0.25) is 0 Å². The zero-order valence-corrected chi connectivity index (χ0v) is 18.3. The van der Waals surface area contributed by atoms with Crippen molar-refractivity contribution in [3.63, 3.8) is 0 Å². The van der Waals surface area contributed by atoms with Crippen molar-refractivity contribution in [2.24, 2.45) is 0 Å². The summed E-state index contributed by atoms with van der Waals surface area (Å²) in [6, 6.07) is 17.4. The molecule has 0 saturated heterocycles. The van der Waals surface area contributed by atoms with E-state index in [1.165, 1.54) is 24.5 Å². The highest BCUT2D eigenvalue weighted by atomic mass is 19.4. The van der Waals surface area contributed by atoms with Gasteiger partial charge in [-0.1, -0.05) is 18.2 Å². The van der Waals surface area contributed by atoms with Crippen LogP contribution in [0, 0.1) is 0 Å². The van der Waals surface area contributed by atoms with Crippen LogP contribution in [0.4, 0.5) is 24.7 Å². The van der Waals surface area contributed by atoms with Gasteiger partial charge in [-0.25, -0.2) is 15.0 Å². The van der Waals surface area contributed by atoms with Crippen LogP contribution in [0.25, 0.3) is 0 Å². The van der Waals surface area contributed by atoms with Crippen LogP contribution >= 0.6 is 0 Å². The highest BCUT2D eigenvalue weighted by Crippen LogP contribution is 2.29.